The molecule has 0 spiro atoms. The quantitative estimate of drug-likeness (QED) is 0.823. The molecule has 2 heterocycles. The van der Waals surface area contributed by atoms with Gasteiger partial charge in [0.05, 0.1) is 11.6 Å². The topological polar surface area (TPSA) is 36.4 Å². The minimum atomic E-state index is 0.289. The Morgan fingerprint density at radius 3 is 3.21 bits per heavy atom. The summed E-state index contributed by atoms with van der Waals surface area (Å²) >= 11 is 1.75. The fourth-order valence-corrected chi connectivity index (χ4v) is 2.81. The molecular weight excluding hydrogens is 196 g/mol. The monoisotopic (exact) mass is 212 g/mol. The first-order chi connectivity index (χ1) is 6.79. The summed E-state index contributed by atoms with van der Waals surface area (Å²) in [5.41, 5.74) is 0. The zero-order valence-electron chi connectivity index (χ0n) is 8.44. The third kappa shape index (κ3) is 2.13. The lowest BCUT2D eigenvalue weighted by molar-refractivity contribution is 0.154. The number of likely N-dealkylation sites (tertiary alicyclic amines) is 1. The van der Waals surface area contributed by atoms with Crippen LogP contribution in [-0.4, -0.2) is 34.2 Å². The third-order valence-electron chi connectivity index (χ3n) is 2.74. The number of aliphatic hydroxyl groups is 1. The van der Waals surface area contributed by atoms with Gasteiger partial charge in [0.15, 0.2) is 0 Å². The SMILES string of the molecule is Cc1ncc(CN2CCC[C@@H]2CO)s1. The number of hydrogen-bond acceptors (Lipinski definition) is 4. The molecule has 1 atom stereocenters. The van der Waals surface area contributed by atoms with E-state index in [2.05, 4.69) is 9.88 Å². The molecule has 1 aliphatic heterocycles. The van der Waals surface area contributed by atoms with E-state index in [1.807, 2.05) is 13.1 Å². The van der Waals surface area contributed by atoms with Crippen LogP contribution in [0.3, 0.4) is 0 Å². The maximum absolute atomic E-state index is 9.17. The smallest absolute Gasteiger partial charge is 0.0897 e. The van der Waals surface area contributed by atoms with Gasteiger partial charge in [0.25, 0.3) is 0 Å². The number of thiazole rings is 1. The molecule has 0 unspecified atom stereocenters. The van der Waals surface area contributed by atoms with Crippen molar-refractivity contribution >= 4 is 11.3 Å². The van der Waals surface area contributed by atoms with Crippen LogP contribution in [0.15, 0.2) is 6.20 Å². The van der Waals surface area contributed by atoms with Crippen LogP contribution in [0.4, 0.5) is 0 Å². The van der Waals surface area contributed by atoms with Crippen molar-refractivity contribution in [3.63, 3.8) is 0 Å². The first kappa shape index (κ1) is 10.1. The van der Waals surface area contributed by atoms with Crippen LogP contribution < -0.4 is 0 Å². The molecular formula is C10H16N2OS. The third-order valence-corrected chi connectivity index (χ3v) is 3.64. The summed E-state index contributed by atoms with van der Waals surface area (Å²) in [7, 11) is 0. The summed E-state index contributed by atoms with van der Waals surface area (Å²) in [4.78, 5) is 7.90. The van der Waals surface area contributed by atoms with Crippen molar-refractivity contribution in [2.75, 3.05) is 13.2 Å². The highest BCUT2D eigenvalue weighted by atomic mass is 32.1. The van der Waals surface area contributed by atoms with Crippen molar-refractivity contribution in [1.29, 1.82) is 0 Å². The Bertz CT molecular complexity index is 300. The van der Waals surface area contributed by atoms with Gasteiger partial charge in [-0.15, -0.1) is 11.3 Å². The Kier molecular flexibility index (Phi) is 3.15. The summed E-state index contributed by atoms with van der Waals surface area (Å²) in [6, 6.07) is 0.373. The molecule has 1 fully saturated rings. The van der Waals surface area contributed by atoms with E-state index >= 15 is 0 Å². The van der Waals surface area contributed by atoms with Crippen molar-refractivity contribution in [2.24, 2.45) is 0 Å². The number of hydrogen-bond donors (Lipinski definition) is 1. The Hall–Kier alpha value is -0.450. The molecule has 4 heteroatoms. The number of nitrogens with zero attached hydrogens (tertiary/aromatic N) is 2. The Morgan fingerprint density at radius 2 is 2.57 bits per heavy atom. The van der Waals surface area contributed by atoms with E-state index in [0.29, 0.717) is 6.04 Å². The Morgan fingerprint density at radius 1 is 1.71 bits per heavy atom. The summed E-state index contributed by atoms with van der Waals surface area (Å²) in [6.07, 6.45) is 4.30. The second-order valence-electron chi connectivity index (χ2n) is 3.79. The molecule has 78 valence electrons. The molecule has 1 aromatic heterocycles. The molecule has 1 N–H and O–H groups in total. The highest BCUT2D eigenvalue weighted by molar-refractivity contribution is 7.11. The predicted octanol–water partition coefficient (Wildman–Crippen LogP) is 1.41. The average Bonchev–Trinajstić information content (AvgIpc) is 2.76. The van der Waals surface area contributed by atoms with E-state index in [4.69, 9.17) is 5.11 Å². The average molecular weight is 212 g/mol. The molecule has 14 heavy (non-hydrogen) atoms. The Labute approximate surface area is 88.4 Å². The van der Waals surface area contributed by atoms with E-state index in [1.165, 1.54) is 11.3 Å². The molecule has 3 nitrogen and oxygen atoms in total. The number of rotatable bonds is 3. The van der Waals surface area contributed by atoms with Crippen molar-refractivity contribution in [2.45, 2.75) is 32.4 Å². The van der Waals surface area contributed by atoms with Gasteiger partial charge in [0.1, 0.15) is 0 Å². The largest absolute Gasteiger partial charge is 0.395 e. The first-order valence-electron chi connectivity index (χ1n) is 5.06. The van der Waals surface area contributed by atoms with Gasteiger partial charge in [-0.2, -0.15) is 0 Å². The van der Waals surface area contributed by atoms with Crippen LogP contribution in [0.1, 0.15) is 22.7 Å². The predicted molar refractivity (Wildman–Crippen MR) is 57.4 cm³/mol. The van der Waals surface area contributed by atoms with Crippen LogP contribution in [-0.2, 0) is 6.54 Å². The molecule has 2 rings (SSSR count). The van der Waals surface area contributed by atoms with Gasteiger partial charge in [-0.25, -0.2) is 4.98 Å². The molecule has 1 aromatic rings. The fraction of sp³-hybridized carbons (Fsp3) is 0.700. The lowest BCUT2D eigenvalue weighted by atomic mass is 10.2. The van der Waals surface area contributed by atoms with Gasteiger partial charge in [-0.3, -0.25) is 4.90 Å². The normalized spacial score (nSPS) is 23.1. The molecule has 0 aliphatic carbocycles. The van der Waals surface area contributed by atoms with Crippen molar-refractivity contribution < 1.29 is 5.11 Å². The van der Waals surface area contributed by atoms with E-state index < -0.39 is 0 Å². The molecule has 1 aliphatic rings. The lowest BCUT2D eigenvalue weighted by Crippen LogP contribution is -2.31. The van der Waals surface area contributed by atoms with Gasteiger partial charge in [-0.1, -0.05) is 0 Å². The molecule has 0 saturated carbocycles. The second kappa shape index (κ2) is 4.38. The van der Waals surface area contributed by atoms with Gasteiger partial charge in [-0.05, 0) is 26.3 Å². The zero-order chi connectivity index (χ0) is 9.97. The Balaban J connectivity index is 1.96. The highest BCUT2D eigenvalue weighted by Gasteiger charge is 2.23. The first-order valence-corrected chi connectivity index (χ1v) is 5.87. The van der Waals surface area contributed by atoms with E-state index in [9.17, 15) is 0 Å². The second-order valence-corrected chi connectivity index (χ2v) is 5.11. The van der Waals surface area contributed by atoms with Gasteiger partial charge in [0, 0.05) is 23.7 Å². The van der Waals surface area contributed by atoms with E-state index in [0.717, 1.165) is 24.5 Å². The number of aliphatic hydroxyl groups excluding tert-OH is 1. The molecule has 0 aromatic carbocycles. The maximum Gasteiger partial charge on any atom is 0.0897 e. The van der Waals surface area contributed by atoms with Gasteiger partial charge in [0.2, 0.25) is 0 Å². The summed E-state index contributed by atoms with van der Waals surface area (Å²) < 4.78 is 0. The maximum atomic E-state index is 9.17. The van der Waals surface area contributed by atoms with Crippen LogP contribution >= 0.6 is 11.3 Å². The molecule has 0 radical (unpaired) electrons. The van der Waals surface area contributed by atoms with Gasteiger partial charge < -0.3 is 5.11 Å². The minimum Gasteiger partial charge on any atom is -0.395 e. The highest BCUT2D eigenvalue weighted by Crippen LogP contribution is 2.21. The molecule has 0 bridgehead atoms. The standard InChI is InChI=1S/C10H16N2OS/c1-8-11-5-10(14-8)6-12-4-2-3-9(12)7-13/h5,9,13H,2-4,6-7H2,1H3/t9-/m1/s1. The van der Waals surface area contributed by atoms with Crippen molar-refractivity contribution in [3.05, 3.63) is 16.1 Å². The van der Waals surface area contributed by atoms with Crippen LogP contribution in [0.25, 0.3) is 0 Å². The zero-order valence-corrected chi connectivity index (χ0v) is 9.26. The molecule has 1 saturated heterocycles. The van der Waals surface area contributed by atoms with Crippen LogP contribution in [0, 0.1) is 6.92 Å². The van der Waals surface area contributed by atoms with Gasteiger partial charge >= 0.3 is 0 Å². The van der Waals surface area contributed by atoms with Crippen molar-refractivity contribution in [3.8, 4) is 0 Å². The number of aromatic nitrogens is 1. The summed E-state index contributed by atoms with van der Waals surface area (Å²) in [5.74, 6) is 0. The van der Waals surface area contributed by atoms with Crippen molar-refractivity contribution in [1.82, 2.24) is 9.88 Å². The van der Waals surface area contributed by atoms with E-state index in [1.54, 1.807) is 11.3 Å². The summed E-state index contributed by atoms with van der Waals surface area (Å²) in [6.45, 7) is 4.39. The molecule has 0 amide bonds. The lowest BCUT2D eigenvalue weighted by Gasteiger charge is -2.21. The van der Waals surface area contributed by atoms with E-state index in [-0.39, 0.29) is 6.61 Å². The number of aryl methyl sites for hydroxylation is 1. The fourth-order valence-electron chi connectivity index (χ4n) is 1.99. The minimum absolute atomic E-state index is 0.289. The van der Waals surface area contributed by atoms with Crippen LogP contribution in [0.5, 0.6) is 0 Å². The van der Waals surface area contributed by atoms with Crippen LogP contribution in [0.2, 0.25) is 0 Å². The summed E-state index contributed by atoms with van der Waals surface area (Å²) in [5, 5.41) is 10.3.